The molecule has 3 N–H and O–H groups in total. The van der Waals surface area contributed by atoms with Crippen LogP contribution in [0.5, 0.6) is 0 Å². The summed E-state index contributed by atoms with van der Waals surface area (Å²) in [6.07, 6.45) is 12.9. The first kappa shape index (κ1) is 24.8. The standard InChI is InChI=1S/C31H29N7OS/c1-18(39)27-6-7-28(40-27)23-8-9-34-30-24(23)12-26(36-30)29-25-11-22(17-35-31(25)38-37-29)21-10-20(15-33-16-21)14-32-13-19-4-2-3-5-19/h6-12,15-17,19,32H,2-5,13-14H2,1H3,(H,34,36)(H,35,37,38). The molecule has 9 heteroatoms. The van der Waals surface area contributed by atoms with Gasteiger partial charge in [0.05, 0.1) is 10.6 Å². The zero-order valence-electron chi connectivity index (χ0n) is 22.2. The van der Waals surface area contributed by atoms with Crippen molar-refractivity contribution in [1.29, 1.82) is 0 Å². The third-order valence-electron chi connectivity index (χ3n) is 7.79. The SMILES string of the molecule is CC(=O)c1ccc(-c2ccnc3[nH]c(-c4n[nH]c5ncc(-c6cncc(CNCC7CCCC7)c6)cc45)cc23)s1. The number of aromatic nitrogens is 6. The number of hydrogen-bond acceptors (Lipinski definition) is 7. The first-order valence-corrected chi connectivity index (χ1v) is 14.5. The molecule has 1 fully saturated rings. The molecule has 0 amide bonds. The van der Waals surface area contributed by atoms with Crippen molar-refractivity contribution in [3.8, 4) is 33.0 Å². The van der Waals surface area contributed by atoms with Crippen molar-refractivity contribution >= 4 is 39.2 Å². The van der Waals surface area contributed by atoms with Crippen molar-refractivity contribution in [3.05, 3.63) is 71.6 Å². The molecular weight excluding hydrogens is 518 g/mol. The Morgan fingerprint density at radius 1 is 1.00 bits per heavy atom. The maximum absolute atomic E-state index is 11.8. The lowest BCUT2D eigenvalue weighted by Gasteiger charge is -2.11. The summed E-state index contributed by atoms with van der Waals surface area (Å²) >= 11 is 1.50. The van der Waals surface area contributed by atoms with Gasteiger partial charge in [-0.2, -0.15) is 5.10 Å². The highest BCUT2D eigenvalue weighted by molar-refractivity contribution is 7.17. The fourth-order valence-electron chi connectivity index (χ4n) is 5.69. The van der Waals surface area contributed by atoms with Crippen LogP contribution in [0, 0.1) is 5.92 Å². The molecule has 1 saturated carbocycles. The molecular formula is C31H29N7OS. The molecule has 0 bridgehead atoms. The van der Waals surface area contributed by atoms with Crippen molar-refractivity contribution in [3.63, 3.8) is 0 Å². The molecule has 6 heterocycles. The number of aromatic amines is 2. The molecule has 1 aliphatic rings. The van der Waals surface area contributed by atoms with Crippen molar-refractivity contribution < 1.29 is 4.79 Å². The molecule has 0 aliphatic heterocycles. The smallest absolute Gasteiger partial charge is 0.169 e. The van der Waals surface area contributed by atoms with Gasteiger partial charge in [0, 0.05) is 63.7 Å². The first-order valence-electron chi connectivity index (χ1n) is 13.7. The summed E-state index contributed by atoms with van der Waals surface area (Å²) in [7, 11) is 0. The number of H-pyrrole nitrogens is 2. The van der Waals surface area contributed by atoms with Gasteiger partial charge in [-0.15, -0.1) is 11.3 Å². The Morgan fingerprint density at radius 3 is 2.73 bits per heavy atom. The van der Waals surface area contributed by atoms with Crippen molar-refractivity contribution in [2.75, 3.05) is 6.54 Å². The monoisotopic (exact) mass is 547 g/mol. The minimum atomic E-state index is 0.0729. The van der Waals surface area contributed by atoms with E-state index in [9.17, 15) is 4.79 Å². The molecule has 6 aromatic rings. The lowest BCUT2D eigenvalue weighted by molar-refractivity contribution is 0.102. The molecule has 0 spiro atoms. The number of pyridine rings is 3. The van der Waals surface area contributed by atoms with Gasteiger partial charge in [-0.05, 0) is 74.2 Å². The van der Waals surface area contributed by atoms with Gasteiger partial charge in [0.1, 0.15) is 11.3 Å². The van der Waals surface area contributed by atoms with Crippen LogP contribution >= 0.6 is 11.3 Å². The zero-order chi connectivity index (χ0) is 27.1. The van der Waals surface area contributed by atoms with E-state index < -0.39 is 0 Å². The third-order valence-corrected chi connectivity index (χ3v) is 9.01. The molecule has 0 unspecified atom stereocenters. The Labute approximate surface area is 235 Å². The van der Waals surface area contributed by atoms with Crippen LogP contribution in [0.4, 0.5) is 0 Å². The fourth-order valence-corrected chi connectivity index (χ4v) is 6.63. The highest BCUT2D eigenvalue weighted by Crippen LogP contribution is 2.36. The van der Waals surface area contributed by atoms with Crippen LogP contribution in [0.3, 0.4) is 0 Å². The lowest BCUT2D eigenvalue weighted by Crippen LogP contribution is -2.20. The van der Waals surface area contributed by atoms with Gasteiger partial charge in [-0.25, -0.2) is 9.97 Å². The van der Waals surface area contributed by atoms with Crippen molar-refractivity contribution in [2.24, 2.45) is 5.92 Å². The van der Waals surface area contributed by atoms with E-state index in [4.69, 9.17) is 0 Å². The average molecular weight is 548 g/mol. The largest absolute Gasteiger partial charge is 0.338 e. The molecule has 0 aromatic carbocycles. The van der Waals surface area contributed by atoms with Gasteiger partial charge in [0.15, 0.2) is 11.4 Å². The fraction of sp³-hybridized carbons (Fsp3) is 0.258. The number of hydrogen-bond donors (Lipinski definition) is 3. The first-order chi connectivity index (χ1) is 19.6. The normalized spacial score (nSPS) is 14.0. The van der Waals surface area contributed by atoms with Gasteiger partial charge in [0.25, 0.3) is 0 Å². The predicted octanol–water partition coefficient (Wildman–Crippen LogP) is 6.77. The van der Waals surface area contributed by atoms with Crippen molar-refractivity contribution in [1.82, 2.24) is 35.5 Å². The van der Waals surface area contributed by atoms with Gasteiger partial charge in [-0.1, -0.05) is 12.8 Å². The van der Waals surface area contributed by atoms with Crippen LogP contribution in [-0.2, 0) is 6.54 Å². The van der Waals surface area contributed by atoms with Gasteiger partial charge >= 0.3 is 0 Å². The summed E-state index contributed by atoms with van der Waals surface area (Å²) < 4.78 is 0. The number of carbonyl (C=O) groups is 1. The third kappa shape index (κ3) is 4.71. The highest BCUT2D eigenvalue weighted by Gasteiger charge is 2.17. The summed E-state index contributed by atoms with van der Waals surface area (Å²) in [6.45, 7) is 3.48. The number of Topliss-reactive ketones (excluding diaryl/α,β-unsaturated/α-hetero) is 1. The lowest BCUT2D eigenvalue weighted by atomic mass is 10.1. The zero-order valence-corrected chi connectivity index (χ0v) is 23.0. The molecule has 1 aliphatic carbocycles. The molecule has 8 nitrogen and oxygen atoms in total. The molecule has 200 valence electrons. The number of nitrogens with one attached hydrogen (secondary N) is 3. The maximum atomic E-state index is 11.8. The number of fused-ring (bicyclic) bond motifs is 2. The van der Waals surface area contributed by atoms with E-state index >= 15 is 0 Å². The molecule has 6 aromatic heterocycles. The number of carbonyl (C=O) groups excluding carboxylic acids is 1. The van der Waals surface area contributed by atoms with Crippen LogP contribution in [-0.4, -0.2) is 42.5 Å². The maximum Gasteiger partial charge on any atom is 0.169 e. The Hall–Kier alpha value is -4.21. The van der Waals surface area contributed by atoms with E-state index in [0.29, 0.717) is 0 Å². The van der Waals surface area contributed by atoms with Crippen LogP contribution in [0.2, 0.25) is 0 Å². The molecule has 0 atom stereocenters. The number of rotatable bonds is 8. The van der Waals surface area contributed by atoms with E-state index in [1.54, 1.807) is 13.1 Å². The second kappa shape index (κ2) is 10.4. The van der Waals surface area contributed by atoms with E-state index in [0.717, 1.165) is 78.9 Å². The Balaban J connectivity index is 1.20. The minimum absolute atomic E-state index is 0.0729. The topological polar surface area (TPSA) is 112 Å². The molecule has 0 saturated heterocycles. The second-order valence-electron chi connectivity index (χ2n) is 10.6. The Kier molecular flexibility index (Phi) is 6.45. The number of thiophene rings is 1. The number of ketones is 1. The summed E-state index contributed by atoms with van der Waals surface area (Å²) in [5.74, 6) is 0.880. The van der Waals surface area contributed by atoms with E-state index in [2.05, 4.69) is 53.6 Å². The Bertz CT molecular complexity index is 1840. The average Bonchev–Trinajstić information content (AvgIpc) is 3.78. The van der Waals surface area contributed by atoms with Crippen LogP contribution in [0.25, 0.3) is 55.0 Å². The van der Waals surface area contributed by atoms with E-state index in [1.165, 1.54) is 42.6 Å². The van der Waals surface area contributed by atoms with Gasteiger partial charge in [0.2, 0.25) is 0 Å². The summed E-state index contributed by atoms with van der Waals surface area (Å²) in [6, 6.07) is 12.2. The van der Waals surface area contributed by atoms with Gasteiger partial charge < -0.3 is 10.3 Å². The summed E-state index contributed by atoms with van der Waals surface area (Å²) in [5, 5.41) is 13.2. The quantitative estimate of drug-likeness (QED) is 0.181. The van der Waals surface area contributed by atoms with E-state index in [-0.39, 0.29) is 5.78 Å². The minimum Gasteiger partial charge on any atom is -0.338 e. The summed E-state index contributed by atoms with van der Waals surface area (Å²) in [4.78, 5) is 30.8. The number of nitrogens with zero attached hydrogens (tertiary/aromatic N) is 4. The van der Waals surface area contributed by atoms with Gasteiger partial charge in [-0.3, -0.25) is 14.9 Å². The Morgan fingerprint density at radius 2 is 1.88 bits per heavy atom. The summed E-state index contributed by atoms with van der Waals surface area (Å²) in [5.41, 5.74) is 7.35. The van der Waals surface area contributed by atoms with Crippen molar-refractivity contribution in [2.45, 2.75) is 39.2 Å². The van der Waals surface area contributed by atoms with E-state index in [1.807, 2.05) is 36.8 Å². The highest BCUT2D eigenvalue weighted by atomic mass is 32.1. The molecule has 0 radical (unpaired) electrons. The second-order valence-corrected chi connectivity index (χ2v) is 11.7. The molecule has 7 rings (SSSR count). The van der Waals surface area contributed by atoms with Crippen LogP contribution in [0.15, 0.2) is 61.2 Å². The predicted molar refractivity (Wildman–Crippen MR) is 159 cm³/mol. The molecule has 40 heavy (non-hydrogen) atoms. The van der Waals surface area contributed by atoms with Crippen LogP contribution in [0.1, 0.15) is 47.8 Å². The van der Waals surface area contributed by atoms with Crippen LogP contribution < -0.4 is 5.32 Å².